The van der Waals surface area contributed by atoms with Crippen LogP contribution in [0.3, 0.4) is 0 Å². The Hall–Kier alpha value is -3.93. The number of aromatic nitrogens is 1. The Morgan fingerprint density at radius 2 is 1.72 bits per heavy atom. The number of hydrogen-bond acceptors (Lipinski definition) is 8. The molecule has 0 spiro atoms. The zero-order chi connectivity index (χ0) is 28.5. The van der Waals surface area contributed by atoms with Gasteiger partial charge in [-0.2, -0.15) is 0 Å². The zero-order valence-corrected chi connectivity index (χ0v) is 23.1. The number of amides is 3. The number of nitrogens with zero attached hydrogens (tertiary/aromatic N) is 5. The van der Waals surface area contributed by atoms with E-state index in [9.17, 15) is 24.3 Å². The van der Waals surface area contributed by atoms with E-state index < -0.39 is 29.9 Å². The molecule has 3 rings (SSSR count). The number of likely N-dealkylation sites (N-methyl/N-ethyl adjacent to an activating group) is 2. The number of nitrogens with one attached hydrogen (secondary N) is 1. The zero-order valence-electron chi connectivity index (χ0n) is 23.1. The average molecular weight is 543 g/mol. The van der Waals surface area contributed by atoms with Crippen molar-refractivity contribution < 1.29 is 29.0 Å². The average Bonchev–Trinajstić information content (AvgIpc) is 2.92. The molecule has 12 nitrogen and oxygen atoms in total. The van der Waals surface area contributed by atoms with E-state index >= 15 is 0 Å². The first kappa shape index (κ1) is 29.6. The van der Waals surface area contributed by atoms with Gasteiger partial charge in [0, 0.05) is 63.8 Å². The molecule has 1 fully saturated rings. The topological polar surface area (TPSA) is 136 Å². The Morgan fingerprint density at radius 1 is 1.05 bits per heavy atom. The molecular weight excluding hydrogens is 504 g/mol. The molecule has 12 heteroatoms. The lowest BCUT2D eigenvalue weighted by atomic mass is 10.1. The number of hydrogen-bond donors (Lipinski definition) is 2. The first-order chi connectivity index (χ1) is 18.6. The molecule has 2 heterocycles. The summed E-state index contributed by atoms with van der Waals surface area (Å²) in [5, 5.41) is 12.9. The number of ether oxygens (including phenoxy) is 1. The van der Waals surface area contributed by atoms with Crippen molar-refractivity contribution in [1.29, 1.82) is 0 Å². The summed E-state index contributed by atoms with van der Waals surface area (Å²) < 4.78 is 5.02. The van der Waals surface area contributed by atoms with E-state index in [4.69, 9.17) is 4.74 Å². The number of aliphatic carboxylic acids is 1. The number of piperazine rings is 1. The summed E-state index contributed by atoms with van der Waals surface area (Å²) in [5.41, 5.74) is 1.61. The normalized spacial score (nSPS) is 14.3. The lowest BCUT2D eigenvalue weighted by Crippen LogP contribution is -2.56. The van der Waals surface area contributed by atoms with Crippen LogP contribution in [0.4, 0.5) is 10.5 Å². The summed E-state index contributed by atoms with van der Waals surface area (Å²) in [5.74, 6) is -2.02. The molecule has 212 valence electrons. The van der Waals surface area contributed by atoms with Crippen LogP contribution in [0.5, 0.6) is 0 Å². The molecule has 0 saturated carbocycles. The third kappa shape index (κ3) is 8.03. The van der Waals surface area contributed by atoms with Crippen molar-refractivity contribution in [3.05, 3.63) is 36.0 Å². The fourth-order valence-corrected chi connectivity index (χ4v) is 4.36. The van der Waals surface area contributed by atoms with Gasteiger partial charge < -0.3 is 34.8 Å². The van der Waals surface area contributed by atoms with E-state index in [1.165, 1.54) is 9.80 Å². The molecule has 1 aromatic carbocycles. The quantitative estimate of drug-likeness (QED) is 0.433. The van der Waals surface area contributed by atoms with Crippen molar-refractivity contribution in [2.75, 3.05) is 71.9 Å². The molecule has 0 radical (unpaired) electrons. The minimum atomic E-state index is -1.07. The van der Waals surface area contributed by atoms with Gasteiger partial charge in [-0.1, -0.05) is 18.2 Å². The number of carbonyl (C=O) groups is 4. The van der Waals surface area contributed by atoms with Crippen molar-refractivity contribution >= 4 is 40.5 Å². The van der Waals surface area contributed by atoms with Gasteiger partial charge >= 0.3 is 12.1 Å². The minimum absolute atomic E-state index is 0.0683. The Labute approximate surface area is 228 Å². The first-order valence-corrected chi connectivity index (χ1v) is 13.1. The Bertz CT molecular complexity index is 1180. The predicted octanol–water partition coefficient (Wildman–Crippen LogP) is 1.50. The molecule has 1 aliphatic heterocycles. The van der Waals surface area contributed by atoms with Crippen molar-refractivity contribution in [3.8, 4) is 0 Å². The number of carboxylic acid groups (broad SMARTS) is 1. The van der Waals surface area contributed by atoms with E-state index in [0.29, 0.717) is 18.6 Å². The summed E-state index contributed by atoms with van der Waals surface area (Å²) >= 11 is 0. The SMILES string of the molecule is CCOC(=O)N1CCN(C(=O)C(CCC(=O)O)NC(=O)c2cc(N(C)CCN(C)C)c3ccccc3n2)CC1. The standard InChI is InChI=1S/C27H38N6O6/c1-5-39-27(38)33-16-14-32(15-17-33)26(37)21(10-11-24(34)35)29-25(36)22-18-23(31(4)13-12-30(2)3)19-8-6-7-9-20(19)28-22/h6-9,18,21H,5,10-17H2,1-4H3,(H,29,36)(H,34,35). The number of benzene rings is 1. The number of pyridine rings is 1. The molecule has 1 aromatic heterocycles. The van der Waals surface area contributed by atoms with E-state index in [-0.39, 0.29) is 38.2 Å². The van der Waals surface area contributed by atoms with Gasteiger partial charge in [-0.3, -0.25) is 14.4 Å². The Morgan fingerprint density at radius 3 is 2.36 bits per heavy atom. The lowest BCUT2D eigenvalue weighted by molar-refractivity contribution is -0.138. The van der Waals surface area contributed by atoms with E-state index in [2.05, 4.69) is 20.1 Å². The Balaban J connectivity index is 1.80. The van der Waals surface area contributed by atoms with Gasteiger partial charge in [0.1, 0.15) is 11.7 Å². The second-order valence-electron chi connectivity index (χ2n) is 9.74. The highest BCUT2D eigenvalue weighted by atomic mass is 16.6. The maximum atomic E-state index is 13.4. The van der Waals surface area contributed by atoms with Crippen LogP contribution in [0.2, 0.25) is 0 Å². The molecular formula is C27H38N6O6. The van der Waals surface area contributed by atoms with Gasteiger partial charge in [0.2, 0.25) is 5.91 Å². The number of anilines is 1. The van der Waals surface area contributed by atoms with Gasteiger partial charge in [0.15, 0.2) is 0 Å². The van der Waals surface area contributed by atoms with Gasteiger partial charge in [0.25, 0.3) is 5.91 Å². The van der Waals surface area contributed by atoms with Crippen LogP contribution in [0.1, 0.15) is 30.3 Å². The van der Waals surface area contributed by atoms with Crippen LogP contribution in [-0.4, -0.2) is 122 Å². The largest absolute Gasteiger partial charge is 0.481 e. The molecule has 2 N–H and O–H groups in total. The maximum absolute atomic E-state index is 13.4. The highest BCUT2D eigenvalue weighted by Crippen LogP contribution is 2.26. The molecule has 0 bridgehead atoms. The molecule has 1 saturated heterocycles. The van der Waals surface area contributed by atoms with Crippen LogP contribution >= 0.6 is 0 Å². The highest BCUT2D eigenvalue weighted by molar-refractivity contribution is 6.01. The number of rotatable bonds is 11. The molecule has 1 aliphatic rings. The van der Waals surface area contributed by atoms with Crippen molar-refractivity contribution in [2.45, 2.75) is 25.8 Å². The molecule has 1 atom stereocenters. The van der Waals surface area contributed by atoms with Crippen LogP contribution in [0.15, 0.2) is 30.3 Å². The molecule has 39 heavy (non-hydrogen) atoms. The Kier molecular flexibility index (Phi) is 10.4. The fourth-order valence-electron chi connectivity index (χ4n) is 4.36. The third-order valence-electron chi connectivity index (χ3n) is 6.59. The molecule has 3 amide bonds. The van der Waals surface area contributed by atoms with Crippen LogP contribution in [0, 0.1) is 0 Å². The van der Waals surface area contributed by atoms with E-state index in [0.717, 1.165) is 24.2 Å². The molecule has 2 aromatic rings. The number of carbonyl (C=O) groups excluding carboxylic acids is 3. The summed E-state index contributed by atoms with van der Waals surface area (Å²) in [6.07, 6.45) is -0.793. The number of para-hydroxylation sites is 1. The minimum Gasteiger partial charge on any atom is -0.481 e. The summed E-state index contributed by atoms with van der Waals surface area (Å²) in [6, 6.07) is 8.17. The summed E-state index contributed by atoms with van der Waals surface area (Å²) in [7, 11) is 5.92. The second-order valence-corrected chi connectivity index (χ2v) is 9.74. The first-order valence-electron chi connectivity index (χ1n) is 13.1. The fraction of sp³-hybridized carbons (Fsp3) is 0.519. The van der Waals surface area contributed by atoms with Crippen LogP contribution < -0.4 is 10.2 Å². The lowest BCUT2D eigenvalue weighted by Gasteiger charge is -2.36. The van der Waals surface area contributed by atoms with Gasteiger partial charge in [-0.15, -0.1) is 0 Å². The van der Waals surface area contributed by atoms with Crippen molar-refractivity contribution in [1.82, 2.24) is 25.0 Å². The third-order valence-corrected chi connectivity index (χ3v) is 6.59. The number of fused-ring (bicyclic) bond motifs is 1. The molecule has 0 aliphatic carbocycles. The van der Waals surface area contributed by atoms with Crippen LogP contribution in [0.25, 0.3) is 10.9 Å². The monoisotopic (exact) mass is 542 g/mol. The van der Waals surface area contributed by atoms with Crippen molar-refractivity contribution in [2.24, 2.45) is 0 Å². The second kappa shape index (κ2) is 13.7. The number of carboxylic acids is 1. The maximum Gasteiger partial charge on any atom is 0.409 e. The summed E-state index contributed by atoms with van der Waals surface area (Å²) in [6.45, 7) is 4.61. The molecule has 1 unspecified atom stereocenters. The van der Waals surface area contributed by atoms with E-state index in [1.807, 2.05) is 45.4 Å². The van der Waals surface area contributed by atoms with E-state index in [1.54, 1.807) is 13.0 Å². The smallest absolute Gasteiger partial charge is 0.409 e. The van der Waals surface area contributed by atoms with Crippen LogP contribution in [-0.2, 0) is 14.3 Å². The van der Waals surface area contributed by atoms with Gasteiger partial charge in [-0.05, 0) is 39.6 Å². The summed E-state index contributed by atoms with van der Waals surface area (Å²) in [4.78, 5) is 61.8. The van der Waals surface area contributed by atoms with Gasteiger partial charge in [0.05, 0.1) is 12.1 Å². The predicted molar refractivity (Wildman–Crippen MR) is 147 cm³/mol. The van der Waals surface area contributed by atoms with Crippen molar-refractivity contribution in [3.63, 3.8) is 0 Å². The van der Waals surface area contributed by atoms with Gasteiger partial charge in [-0.25, -0.2) is 9.78 Å². The highest BCUT2D eigenvalue weighted by Gasteiger charge is 2.31.